The van der Waals surface area contributed by atoms with Crippen LogP contribution in [0, 0.1) is 22.9 Å². The van der Waals surface area contributed by atoms with E-state index in [0.29, 0.717) is 0 Å². The van der Waals surface area contributed by atoms with Crippen LogP contribution in [0.25, 0.3) is 0 Å². The molecule has 0 aromatic heterocycles. The summed E-state index contributed by atoms with van der Waals surface area (Å²) in [5.74, 6) is 5.94. The minimum atomic E-state index is -1.66. The predicted octanol–water partition coefficient (Wildman–Crippen LogP) is 4.45. The minimum Gasteiger partial charge on any atom is -0.369 e. The lowest BCUT2D eigenvalue weighted by Crippen LogP contribution is -2.36. The van der Waals surface area contributed by atoms with Crippen LogP contribution in [0.2, 0.25) is 36.3 Å². The molecule has 0 aromatic carbocycles. The van der Waals surface area contributed by atoms with Gasteiger partial charge in [-0.3, -0.25) is 0 Å². The first-order valence-corrected chi connectivity index (χ1v) is 13.3. The van der Waals surface area contributed by atoms with Crippen LogP contribution >= 0.6 is 0 Å². The summed E-state index contributed by atoms with van der Waals surface area (Å²) < 4.78 is 0. The van der Waals surface area contributed by atoms with Crippen molar-refractivity contribution in [3.05, 3.63) is 0 Å². The summed E-state index contributed by atoms with van der Waals surface area (Å²) in [7, 11) is -3.31. The highest BCUT2D eigenvalue weighted by molar-refractivity contribution is 6.88. The molecule has 0 amide bonds. The summed E-state index contributed by atoms with van der Waals surface area (Å²) in [5.41, 5.74) is 6.65. The molecule has 1 nitrogen and oxygen atoms in total. The number of hydrogen-bond acceptors (Lipinski definition) is 1. The molecular weight excluding hydrogens is 276 g/mol. The van der Waals surface area contributed by atoms with Crippen molar-refractivity contribution < 1.29 is 5.11 Å². The van der Waals surface area contributed by atoms with Crippen LogP contribution in [0.1, 0.15) is 41.5 Å². The number of hydrogen-bond donors (Lipinski definition) is 1. The van der Waals surface area contributed by atoms with Crippen LogP contribution < -0.4 is 0 Å². The Balaban J connectivity index is 5.09. The van der Waals surface area contributed by atoms with Gasteiger partial charge in [0, 0.05) is 0 Å². The van der Waals surface area contributed by atoms with Crippen molar-refractivity contribution in [3.8, 4) is 22.9 Å². The quantitative estimate of drug-likeness (QED) is 0.518. The van der Waals surface area contributed by atoms with Crippen molar-refractivity contribution in [2.24, 2.45) is 0 Å². The molecule has 0 radical (unpaired) electrons. The second-order valence-corrected chi connectivity index (χ2v) is 18.7. The lowest BCUT2D eigenvalue weighted by Gasteiger charge is -2.32. The number of aliphatic hydroxyl groups is 1. The van der Waals surface area contributed by atoms with E-state index in [2.05, 4.69) is 90.7 Å². The Morgan fingerprint density at radius 2 is 0.950 bits per heavy atom. The van der Waals surface area contributed by atoms with Gasteiger partial charge in [0.2, 0.25) is 0 Å². The highest BCUT2D eigenvalue weighted by atomic mass is 28.3. The first-order chi connectivity index (χ1) is 8.60. The molecule has 0 saturated heterocycles. The third-order valence-corrected chi connectivity index (χ3v) is 13.8. The van der Waals surface area contributed by atoms with Crippen molar-refractivity contribution in [2.45, 2.75) is 83.9 Å². The zero-order valence-electron chi connectivity index (χ0n) is 15.0. The van der Waals surface area contributed by atoms with Crippen molar-refractivity contribution in [1.29, 1.82) is 0 Å². The Labute approximate surface area is 128 Å². The van der Waals surface area contributed by atoms with Gasteiger partial charge in [-0.2, -0.15) is 0 Å². The highest BCUT2D eigenvalue weighted by Crippen LogP contribution is 2.35. The van der Waals surface area contributed by atoms with Gasteiger partial charge in [0.1, 0.15) is 16.1 Å². The van der Waals surface area contributed by atoms with Gasteiger partial charge in [0.15, 0.2) is 6.10 Å². The van der Waals surface area contributed by atoms with Crippen LogP contribution in [0.4, 0.5) is 0 Å². The molecule has 0 rings (SSSR count). The molecule has 0 saturated carbocycles. The molecule has 20 heavy (non-hydrogen) atoms. The third-order valence-electron chi connectivity index (χ3n) is 4.79. The molecule has 3 heteroatoms. The van der Waals surface area contributed by atoms with Gasteiger partial charge in [-0.05, 0) is 10.1 Å². The van der Waals surface area contributed by atoms with Crippen LogP contribution in [0.5, 0.6) is 0 Å². The first kappa shape index (κ1) is 19.5. The molecule has 0 aliphatic carbocycles. The van der Waals surface area contributed by atoms with E-state index in [1.807, 2.05) is 0 Å². The summed E-state index contributed by atoms with van der Waals surface area (Å²) in [6.07, 6.45) is -0.807. The van der Waals surface area contributed by atoms with E-state index in [4.69, 9.17) is 0 Å². The van der Waals surface area contributed by atoms with Gasteiger partial charge in [-0.1, -0.05) is 79.6 Å². The molecule has 0 aliphatic rings. The zero-order valence-corrected chi connectivity index (χ0v) is 17.0. The normalized spacial score (nSPS) is 13.4. The fourth-order valence-electron chi connectivity index (χ4n) is 0.909. The highest BCUT2D eigenvalue weighted by Gasteiger charge is 2.34. The molecule has 0 aliphatic heterocycles. The topological polar surface area (TPSA) is 20.2 Å². The van der Waals surface area contributed by atoms with Gasteiger partial charge in [-0.25, -0.2) is 0 Å². The van der Waals surface area contributed by atoms with Crippen molar-refractivity contribution in [1.82, 2.24) is 0 Å². The van der Waals surface area contributed by atoms with E-state index < -0.39 is 22.3 Å². The fourth-order valence-corrected chi connectivity index (χ4v) is 2.65. The Morgan fingerprint density at radius 3 is 1.15 bits per heavy atom. The second-order valence-electron chi connectivity index (χ2n) is 8.69. The molecule has 0 unspecified atom stereocenters. The van der Waals surface area contributed by atoms with Gasteiger partial charge in [-0.15, -0.1) is 11.1 Å². The molecular formula is C17H32OSi2. The number of rotatable bonds is 0. The van der Waals surface area contributed by atoms with Crippen molar-refractivity contribution in [2.75, 3.05) is 0 Å². The largest absolute Gasteiger partial charge is 0.369 e. The van der Waals surface area contributed by atoms with E-state index in [1.165, 1.54) is 0 Å². The summed E-state index contributed by atoms with van der Waals surface area (Å²) in [5, 5.41) is 10.4. The molecule has 0 aromatic rings. The third kappa shape index (κ3) is 5.48. The van der Waals surface area contributed by atoms with Crippen molar-refractivity contribution >= 4 is 16.1 Å². The molecule has 0 atom stereocenters. The Hall–Kier alpha value is -0.486. The predicted molar refractivity (Wildman–Crippen MR) is 96.0 cm³/mol. The van der Waals surface area contributed by atoms with Crippen LogP contribution in [0.15, 0.2) is 0 Å². The van der Waals surface area contributed by atoms with Gasteiger partial charge < -0.3 is 5.11 Å². The maximum absolute atomic E-state index is 10.0. The lowest BCUT2D eigenvalue weighted by atomic mass is 10.2. The summed E-state index contributed by atoms with van der Waals surface area (Å²) in [4.78, 5) is 0. The Kier molecular flexibility index (Phi) is 5.95. The molecule has 0 fully saturated rings. The van der Waals surface area contributed by atoms with E-state index in [9.17, 15) is 5.11 Å². The van der Waals surface area contributed by atoms with Crippen LogP contribution in [0.3, 0.4) is 0 Å². The summed E-state index contributed by atoms with van der Waals surface area (Å²) in [6, 6.07) is 0. The smallest absolute Gasteiger partial charge is 0.175 e. The van der Waals surface area contributed by atoms with Crippen LogP contribution in [-0.2, 0) is 0 Å². The molecule has 114 valence electrons. The van der Waals surface area contributed by atoms with E-state index in [-0.39, 0.29) is 10.1 Å². The maximum Gasteiger partial charge on any atom is 0.175 e. The van der Waals surface area contributed by atoms with Crippen molar-refractivity contribution in [3.63, 3.8) is 0 Å². The number of aliphatic hydroxyl groups excluding tert-OH is 1. The Morgan fingerprint density at radius 1 is 0.700 bits per heavy atom. The van der Waals surface area contributed by atoms with Gasteiger partial charge in [0.05, 0.1) is 0 Å². The standard InChI is InChI=1S/C17H32OSi2/c1-16(2,3)19(7,8)13-11-15(18)12-14-20(9,10)17(4,5)6/h15,18H,1-10H3. The second kappa shape index (κ2) is 6.10. The fraction of sp³-hybridized carbons (Fsp3) is 0.765. The van der Waals surface area contributed by atoms with Crippen LogP contribution in [-0.4, -0.2) is 27.4 Å². The first-order valence-electron chi connectivity index (χ1n) is 7.34. The van der Waals surface area contributed by atoms with E-state index >= 15 is 0 Å². The maximum atomic E-state index is 10.0. The minimum absolute atomic E-state index is 0.215. The van der Waals surface area contributed by atoms with Gasteiger partial charge in [0.25, 0.3) is 0 Å². The Bertz CT molecular complexity index is 410. The molecule has 0 heterocycles. The summed E-state index contributed by atoms with van der Waals surface area (Å²) in [6.45, 7) is 22.3. The SMILES string of the molecule is CC(C)(C)[Si](C)(C)C#CC(O)C#C[Si](C)(C)C(C)(C)C. The lowest BCUT2D eigenvalue weighted by molar-refractivity contribution is 0.290. The molecule has 1 N–H and O–H groups in total. The molecule has 0 bridgehead atoms. The van der Waals surface area contributed by atoms with E-state index in [0.717, 1.165) is 0 Å². The average Bonchev–Trinajstić information content (AvgIpc) is 2.20. The average molecular weight is 309 g/mol. The monoisotopic (exact) mass is 308 g/mol. The van der Waals surface area contributed by atoms with Gasteiger partial charge >= 0.3 is 0 Å². The molecule has 0 spiro atoms. The summed E-state index contributed by atoms with van der Waals surface area (Å²) >= 11 is 0. The van der Waals surface area contributed by atoms with E-state index in [1.54, 1.807) is 0 Å². The zero-order chi connectivity index (χ0) is 16.4.